The van der Waals surface area contributed by atoms with Crippen LogP contribution in [0.5, 0.6) is 0 Å². The van der Waals surface area contributed by atoms with E-state index in [0.29, 0.717) is 15.6 Å². The van der Waals surface area contributed by atoms with E-state index in [1.165, 1.54) is 6.20 Å². The van der Waals surface area contributed by atoms with Gasteiger partial charge in [-0.05, 0) is 30.5 Å². The van der Waals surface area contributed by atoms with Gasteiger partial charge in [0.05, 0.1) is 21.8 Å². The van der Waals surface area contributed by atoms with Crippen molar-refractivity contribution in [3.05, 3.63) is 63.4 Å². The van der Waals surface area contributed by atoms with Gasteiger partial charge >= 0.3 is 0 Å². The van der Waals surface area contributed by atoms with Gasteiger partial charge in [0.15, 0.2) is 5.67 Å². The first kappa shape index (κ1) is 17.6. The molecule has 3 unspecified atom stereocenters. The fourth-order valence-electron chi connectivity index (χ4n) is 2.99. The van der Waals surface area contributed by atoms with Gasteiger partial charge in [0.25, 0.3) is 0 Å². The standard InChI is InChI=1S/C17H17Cl2FN2O2/c18-12-5-1-3-10(14(12)19)9-22-16(24)17(20)7-6-13(23)15-11(17)4-2-8-21-15/h1-5,8,13,16,22-24H,6-7,9H2. The summed E-state index contributed by atoms with van der Waals surface area (Å²) in [5.74, 6) is 0. The number of rotatable bonds is 4. The average molecular weight is 371 g/mol. The smallest absolute Gasteiger partial charge is 0.176 e. The molecule has 4 nitrogen and oxygen atoms in total. The van der Waals surface area contributed by atoms with Gasteiger partial charge in [-0.1, -0.05) is 41.4 Å². The van der Waals surface area contributed by atoms with Crippen molar-refractivity contribution in [1.82, 2.24) is 10.3 Å². The normalized spacial score (nSPS) is 24.5. The summed E-state index contributed by atoms with van der Waals surface area (Å²) < 4.78 is 15.5. The molecule has 3 rings (SSSR count). The SMILES string of the molecule is OC1CCC(F)(C(O)NCc2cccc(Cl)c2Cl)c2cccnc21. The number of benzene rings is 1. The molecular formula is C17H17Cl2FN2O2. The molecule has 0 bridgehead atoms. The first-order valence-electron chi connectivity index (χ1n) is 7.60. The van der Waals surface area contributed by atoms with Gasteiger partial charge in [0.1, 0.15) is 6.23 Å². The summed E-state index contributed by atoms with van der Waals surface area (Å²) in [6, 6.07) is 8.27. The van der Waals surface area contributed by atoms with Gasteiger partial charge in [-0.25, -0.2) is 4.39 Å². The van der Waals surface area contributed by atoms with Crippen molar-refractivity contribution in [1.29, 1.82) is 0 Å². The number of nitrogens with zero attached hydrogens (tertiary/aromatic N) is 1. The van der Waals surface area contributed by atoms with Gasteiger partial charge in [0, 0.05) is 18.3 Å². The number of halogens is 3. The highest BCUT2D eigenvalue weighted by Crippen LogP contribution is 2.43. The van der Waals surface area contributed by atoms with E-state index in [1.807, 2.05) is 0 Å². The van der Waals surface area contributed by atoms with Gasteiger partial charge in [-0.15, -0.1) is 0 Å². The van der Waals surface area contributed by atoms with Crippen molar-refractivity contribution in [3.8, 4) is 0 Å². The Morgan fingerprint density at radius 3 is 2.92 bits per heavy atom. The van der Waals surface area contributed by atoms with E-state index in [4.69, 9.17) is 23.2 Å². The third kappa shape index (κ3) is 3.15. The Balaban J connectivity index is 1.81. The lowest BCUT2D eigenvalue weighted by atomic mass is 9.80. The summed E-state index contributed by atoms with van der Waals surface area (Å²) in [4.78, 5) is 4.05. The Labute approximate surface area is 149 Å². The number of fused-ring (bicyclic) bond motifs is 1. The first-order valence-corrected chi connectivity index (χ1v) is 8.36. The van der Waals surface area contributed by atoms with E-state index in [1.54, 1.807) is 30.3 Å². The number of nitrogens with one attached hydrogen (secondary N) is 1. The molecule has 1 heterocycles. The highest BCUT2D eigenvalue weighted by molar-refractivity contribution is 6.42. The molecule has 128 valence electrons. The Morgan fingerprint density at radius 2 is 2.12 bits per heavy atom. The summed E-state index contributed by atoms with van der Waals surface area (Å²) in [7, 11) is 0. The van der Waals surface area contributed by atoms with Crippen LogP contribution in [0.4, 0.5) is 4.39 Å². The summed E-state index contributed by atoms with van der Waals surface area (Å²) in [6.07, 6.45) is -0.608. The number of hydrogen-bond donors (Lipinski definition) is 3. The molecule has 0 saturated heterocycles. The topological polar surface area (TPSA) is 65.4 Å². The van der Waals surface area contributed by atoms with E-state index in [0.717, 1.165) is 0 Å². The van der Waals surface area contributed by atoms with Crippen molar-refractivity contribution in [2.45, 2.75) is 37.4 Å². The van der Waals surface area contributed by atoms with Crippen LogP contribution in [0.15, 0.2) is 36.5 Å². The second kappa shape index (κ2) is 6.94. The Hall–Kier alpha value is -1.24. The molecule has 0 aliphatic heterocycles. The van der Waals surface area contributed by atoms with Crippen LogP contribution in [0.3, 0.4) is 0 Å². The highest BCUT2D eigenvalue weighted by Gasteiger charge is 2.46. The summed E-state index contributed by atoms with van der Waals surface area (Å²) in [5, 5.41) is 23.9. The van der Waals surface area contributed by atoms with E-state index >= 15 is 4.39 Å². The zero-order valence-corrected chi connectivity index (χ0v) is 14.2. The molecule has 1 aliphatic carbocycles. The van der Waals surface area contributed by atoms with Gasteiger partial charge < -0.3 is 10.2 Å². The monoisotopic (exact) mass is 370 g/mol. The van der Waals surface area contributed by atoms with Crippen molar-refractivity contribution in [3.63, 3.8) is 0 Å². The van der Waals surface area contributed by atoms with Crippen molar-refractivity contribution < 1.29 is 14.6 Å². The number of aliphatic hydroxyl groups excluding tert-OH is 2. The number of alkyl halides is 1. The summed E-state index contributed by atoms with van der Waals surface area (Å²) in [6.45, 7) is 0.157. The summed E-state index contributed by atoms with van der Waals surface area (Å²) >= 11 is 12.1. The molecule has 0 radical (unpaired) electrons. The maximum Gasteiger partial charge on any atom is 0.176 e. The first-order chi connectivity index (χ1) is 11.4. The lowest BCUT2D eigenvalue weighted by molar-refractivity contribution is -0.0592. The molecule has 1 aliphatic rings. The van der Waals surface area contributed by atoms with E-state index in [2.05, 4.69) is 10.3 Å². The number of hydrogen-bond acceptors (Lipinski definition) is 4. The molecule has 0 amide bonds. The molecule has 2 aromatic rings. The van der Waals surface area contributed by atoms with Crippen LogP contribution in [-0.4, -0.2) is 21.4 Å². The zero-order chi connectivity index (χ0) is 17.3. The molecule has 0 spiro atoms. The highest BCUT2D eigenvalue weighted by atomic mass is 35.5. The van der Waals surface area contributed by atoms with Gasteiger partial charge in [0.2, 0.25) is 0 Å². The maximum atomic E-state index is 15.5. The zero-order valence-electron chi connectivity index (χ0n) is 12.7. The quantitative estimate of drug-likeness (QED) is 0.720. The Bertz CT molecular complexity index is 746. The minimum atomic E-state index is -2.03. The molecule has 1 aromatic carbocycles. The molecule has 7 heteroatoms. The van der Waals surface area contributed by atoms with Gasteiger partial charge in [-0.3, -0.25) is 10.3 Å². The lowest BCUT2D eigenvalue weighted by Gasteiger charge is -2.37. The Kier molecular flexibility index (Phi) is 5.08. The van der Waals surface area contributed by atoms with Crippen LogP contribution in [0.2, 0.25) is 10.0 Å². The van der Waals surface area contributed by atoms with Crippen LogP contribution < -0.4 is 5.32 Å². The van der Waals surface area contributed by atoms with Gasteiger partial charge in [-0.2, -0.15) is 0 Å². The Morgan fingerprint density at radius 1 is 1.33 bits per heavy atom. The molecule has 0 saturated carbocycles. The largest absolute Gasteiger partial charge is 0.387 e. The van der Waals surface area contributed by atoms with Crippen molar-refractivity contribution in [2.24, 2.45) is 0 Å². The molecule has 24 heavy (non-hydrogen) atoms. The molecular weight excluding hydrogens is 354 g/mol. The molecule has 3 atom stereocenters. The van der Waals surface area contributed by atoms with Crippen LogP contribution in [-0.2, 0) is 12.2 Å². The number of aromatic nitrogens is 1. The predicted octanol–water partition coefficient (Wildman–Crippen LogP) is 3.49. The fourth-order valence-corrected chi connectivity index (χ4v) is 3.38. The predicted molar refractivity (Wildman–Crippen MR) is 90.5 cm³/mol. The van der Waals surface area contributed by atoms with E-state index < -0.39 is 18.0 Å². The van der Waals surface area contributed by atoms with Crippen molar-refractivity contribution >= 4 is 23.2 Å². The number of pyridine rings is 1. The second-order valence-electron chi connectivity index (χ2n) is 5.85. The number of aliphatic hydroxyl groups is 2. The minimum absolute atomic E-state index is 0.00962. The maximum absolute atomic E-state index is 15.5. The average Bonchev–Trinajstić information content (AvgIpc) is 2.59. The van der Waals surface area contributed by atoms with Crippen molar-refractivity contribution in [2.75, 3.05) is 0 Å². The second-order valence-corrected chi connectivity index (χ2v) is 6.63. The lowest BCUT2D eigenvalue weighted by Crippen LogP contribution is -2.47. The fraction of sp³-hybridized carbons (Fsp3) is 0.353. The summed E-state index contributed by atoms with van der Waals surface area (Å²) in [5.41, 5.74) is -0.892. The van der Waals surface area contributed by atoms with Crippen LogP contribution in [0.25, 0.3) is 0 Å². The van der Waals surface area contributed by atoms with Crippen LogP contribution in [0, 0.1) is 0 Å². The van der Waals surface area contributed by atoms with E-state index in [-0.39, 0.29) is 30.6 Å². The molecule has 3 N–H and O–H groups in total. The molecule has 1 aromatic heterocycles. The van der Waals surface area contributed by atoms with E-state index in [9.17, 15) is 10.2 Å². The third-order valence-corrected chi connectivity index (χ3v) is 5.19. The van der Waals surface area contributed by atoms with Crippen LogP contribution >= 0.6 is 23.2 Å². The minimum Gasteiger partial charge on any atom is -0.387 e. The molecule has 0 fully saturated rings. The van der Waals surface area contributed by atoms with Crippen LogP contribution in [0.1, 0.15) is 35.8 Å². The third-order valence-electron chi connectivity index (χ3n) is 4.33.